The quantitative estimate of drug-likeness (QED) is 0.901. The van der Waals surface area contributed by atoms with E-state index in [1.807, 2.05) is 24.0 Å². The van der Waals surface area contributed by atoms with Crippen LogP contribution in [0, 0.1) is 19.7 Å². The molecule has 112 valence electrons. The first-order valence-electron chi connectivity index (χ1n) is 7.36. The molecule has 0 amide bonds. The fourth-order valence-electron chi connectivity index (χ4n) is 2.66. The van der Waals surface area contributed by atoms with E-state index in [0.29, 0.717) is 18.8 Å². The van der Waals surface area contributed by atoms with Crippen LogP contribution in [0.15, 0.2) is 42.5 Å². The number of anilines is 1. The van der Waals surface area contributed by atoms with Crippen molar-refractivity contribution < 1.29 is 4.39 Å². The minimum Gasteiger partial charge on any atom is -0.361 e. The fourth-order valence-corrected chi connectivity index (χ4v) is 2.66. The van der Waals surface area contributed by atoms with E-state index >= 15 is 0 Å². The topological polar surface area (TPSA) is 29.3 Å². The lowest BCUT2D eigenvalue weighted by Crippen LogP contribution is -2.34. The van der Waals surface area contributed by atoms with E-state index in [1.165, 1.54) is 17.2 Å². The Morgan fingerprint density at radius 1 is 1.10 bits per heavy atom. The molecule has 1 atom stereocenters. The molecule has 1 unspecified atom stereocenters. The van der Waals surface area contributed by atoms with Crippen LogP contribution in [0.2, 0.25) is 0 Å². The predicted octanol–water partition coefficient (Wildman–Crippen LogP) is 3.97. The smallest absolute Gasteiger partial charge is 0.146 e. The first-order chi connectivity index (χ1) is 10.1. The van der Waals surface area contributed by atoms with Crippen LogP contribution in [0.4, 0.5) is 10.1 Å². The number of nitrogens with zero attached hydrogens (tertiary/aromatic N) is 1. The van der Waals surface area contributed by atoms with Crippen molar-refractivity contribution in [2.75, 3.05) is 18.0 Å². The molecule has 2 aromatic carbocycles. The summed E-state index contributed by atoms with van der Waals surface area (Å²) in [6, 6.07) is 13.2. The number of aryl methyl sites for hydroxylation is 2. The lowest BCUT2D eigenvalue weighted by atomic mass is 9.99. The van der Waals surface area contributed by atoms with Gasteiger partial charge in [0, 0.05) is 13.1 Å². The number of likely N-dealkylation sites (N-methyl/N-ethyl adjacent to an activating group) is 1. The molecule has 21 heavy (non-hydrogen) atoms. The van der Waals surface area contributed by atoms with Gasteiger partial charge in [-0.05, 0) is 49.6 Å². The number of para-hydroxylation sites is 1. The maximum atomic E-state index is 14.1. The first kappa shape index (κ1) is 15.5. The summed E-state index contributed by atoms with van der Waals surface area (Å²) < 4.78 is 14.1. The Hall–Kier alpha value is -1.87. The number of hydrogen-bond acceptors (Lipinski definition) is 2. The van der Waals surface area contributed by atoms with E-state index < -0.39 is 0 Å². The van der Waals surface area contributed by atoms with Crippen molar-refractivity contribution >= 4 is 5.69 Å². The molecular weight excluding hydrogens is 263 g/mol. The van der Waals surface area contributed by atoms with Gasteiger partial charge in [-0.3, -0.25) is 0 Å². The van der Waals surface area contributed by atoms with Crippen molar-refractivity contribution in [2.45, 2.75) is 26.8 Å². The van der Waals surface area contributed by atoms with Crippen molar-refractivity contribution in [3.8, 4) is 0 Å². The average Bonchev–Trinajstić information content (AvgIpc) is 2.49. The Labute approximate surface area is 126 Å². The monoisotopic (exact) mass is 286 g/mol. The fraction of sp³-hybridized carbons (Fsp3) is 0.333. The van der Waals surface area contributed by atoms with Crippen LogP contribution < -0.4 is 10.6 Å². The predicted molar refractivity (Wildman–Crippen MR) is 87.1 cm³/mol. The van der Waals surface area contributed by atoms with E-state index in [9.17, 15) is 4.39 Å². The Balaban J connectivity index is 2.42. The maximum absolute atomic E-state index is 14.1. The second-order valence-corrected chi connectivity index (χ2v) is 5.33. The summed E-state index contributed by atoms with van der Waals surface area (Å²) >= 11 is 0. The third-order valence-electron chi connectivity index (χ3n) is 4.02. The van der Waals surface area contributed by atoms with Gasteiger partial charge in [-0.25, -0.2) is 4.39 Å². The second-order valence-electron chi connectivity index (χ2n) is 5.33. The zero-order valence-electron chi connectivity index (χ0n) is 12.9. The van der Waals surface area contributed by atoms with Crippen LogP contribution >= 0.6 is 0 Å². The third-order valence-corrected chi connectivity index (χ3v) is 4.02. The largest absolute Gasteiger partial charge is 0.361 e. The highest BCUT2D eigenvalue weighted by atomic mass is 19.1. The van der Waals surface area contributed by atoms with E-state index in [1.54, 1.807) is 6.07 Å². The van der Waals surface area contributed by atoms with Crippen molar-refractivity contribution in [1.82, 2.24) is 0 Å². The Morgan fingerprint density at radius 2 is 1.81 bits per heavy atom. The molecule has 2 rings (SSSR count). The van der Waals surface area contributed by atoms with Gasteiger partial charge < -0.3 is 10.6 Å². The van der Waals surface area contributed by atoms with Gasteiger partial charge in [0.2, 0.25) is 0 Å². The second kappa shape index (κ2) is 6.72. The zero-order valence-corrected chi connectivity index (χ0v) is 12.9. The Morgan fingerprint density at radius 3 is 2.38 bits per heavy atom. The SMILES string of the molecule is CCN(c1ccccc1F)C(CN)c1ccc(C)c(C)c1. The van der Waals surface area contributed by atoms with Gasteiger partial charge >= 0.3 is 0 Å². The van der Waals surface area contributed by atoms with Gasteiger partial charge in [0.05, 0.1) is 11.7 Å². The molecular formula is C18H23FN2. The molecule has 2 N–H and O–H groups in total. The lowest BCUT2D eigenvalue weighted by molar-refractivity contribution is 0.588. The van der Waals surface area contributed by atoms with Crippen LogP contribution in [-0.2, 0) is 0 Å². The molecule has 2 aromatic rings. The molecule has 2 nitrogen and oxygen atoms in total. The number of rotatable bonds is 5. The number of nitrogens with two attached hydrogens (primary N) is 1. The number of hydrogen-bond donors (Lipinski definition) is 1. The van der Waals surface area contributed by atoms with Crippen molar-refractivity contribution in [3.63, 3.8) is 0 Å². The number of halogens is 1. The molecule has 0 aromatic heterocycles. The van der Waals surface area contributed by atoms with E-state index in [4.69, 9.17) is 5.73 Å². The zero-order chi connectivity index (χ0) is 15.4. The molecule has 0 saturated carbocycles. The van der Waals surface area contributed by atoms with Crippen LogP contribution in [0.5, 0.6) is 0 Å². The summed E-state index contributed by atoms with van der Waals surface area (Å²) in [5, 5.41) is 0. The van der Waals surface area contributed by atoms with Gasteiger partial charge in [0.1, 0.15) is 5.82 Å². The first-order valence-corrected chi connectivity index (χ1v) is 7.36. The van der Waals surface area contributed by atoms with Gasteiger partial charge in [0.15, 0.2) is 0 Å². The molecule has 0 aliphatic rings. The van der Waals surface area contributed by atoms with Crippen molar-refractivity contribution in [1.29, 1.82) is 0 Å². The van der Waals surface area contributed by atoms with Crippen molar-refractivity contribution in [3.05, 3.63) is 65.0 Å². The van der Waals surface area contributed by atoms with Crippen molar-refractivity contribution in [2.24, 2.45) is 5.73 Å². The molecule has 0 spiro atoms. The summed E-state index contributed by atoms with van der Waals surface area (Å²) in [7, 11) is 0. The molecule has 0 fully saturated rings. The van der Waals surface area contributed by atoms with Gasteiger partial charge in [-0.1, -0.05) is 30.3 Å². The highest BCUT2D eigenvalue weighted by Crippen LogP contribution is 2.29. The molecule has 0 radical (unpaired) electrons. The maximum Gasteiger partial charge on any atom is 0.146 e. The van der Waals surface area contributed by atoms with Crippen LogP contribution in [0.3, 0.4) is 0 Å². The normalized spacial score (nSPS) is 12.2. The highest BCUT2D eigenvalue weighted by molar-refractivity contribution is 5.50. The summed E-state index contributed by atoms with van der Waals surface area (Å²) in [6.07, 6.45) is 0. The minimum atomic E-state index is -0.207. The van der Waals surface area contributed by atoms with E-state index in [2.05, 4.69) is 32.0 Å². The molecule has 0 saturated heterocycles. The van der Waals surface area contributed by atoms with Crippen LogP contribution in [0.25, 0.3) is 0 Å². The van der Waals surface area contributed by atoms with Crippen LogP contribution in [-0.4, -0.2) is 13.1 Å². The summed E-state index contributed by atoms with van der Waals surface area (Å²) in [5.41, 5.74) is 10.2. The third kappa shape index (κ3) is 3.24. The summed E-state index contributed by atoms with van der Waals surface area (Å²) in [4.78, 5) is 2.03. The lowest BCUT2D eigenvalue weighted by Gasteiger charge is -2.33. The van der Waals surface area contributed by atoms with Gasteiger partial charge in [-0.15, -0.1) is 0 Å². The molecule has 0 bridgehead atoms. The van der Waals surface area contributed by atoms with E-state index in [0.717, 1.165) is 5.56 Å². The summed E-state index contributed by atoms with van der Waals surface area (Å²) in [5.74, 6) is -0.207. The molecule has 0 aliphatic heterocycles. The molecule has 0 aliphatic carbocycles. The number of benzene rings is 2. The molecule has 3 heteroatoms. The standard InChI is InChI=1S/C18H23FN2/c1-4-21(17-8-6-5-7-16(17)19)18(12-20)15-10-9-13(2)14(3)11-15/h5-11,18H,4,12,20H2,1-3H3. The van der Waals surface area contributed by atoms with E-state index in [-0.39, 0.29) is 11.9 Å². The highest BCUT2D eigenvalue weighted by Gasteiger charge is 2.20. The Bertz CT molecular complexity index is 610. The van der Waals surface area contributed by atoms with Gasteiger partial charge in [-0.2, -0.15) is 0 Å². The average molecular weight is 286 g/mol. The molecule has 0 heterocycles. The summed E-state index contributed by atoms with van der Waals surface area (Å²) in [6.45, 7) is 7.35. The van der Waals surface area contributed by atoms with Crippen LogP contribution in [0.1, 0.15) is 29.7 Å². The minimum absolute atomic E-state index is 0.0220. The van der Waals surface area contributed by atoms with Gasteiger partial charge in [0.25, 0.3) is 0 Å². The Kier molecular flexibility index (Phi) is 4.97.